The summed E-state index contributed by atoms with van der Waals surface area (Å²) in [7, 11) is 2.90. The third kappa shape index (κ3) is 4.46. The molecule has 5 nitrogen and oxygen atoms in total. The van der Waals surface area contributed by atoms with E-state index in [0.717, 1.165) is 11.3 Å². The summed E-state index contributed by atoms with van der Waals surface area (Å²) in [5, 5.41) is 0. The Morgan fingerprint density at radius 2 is 1.75 bits per heavy atom. The summed E-state index contributed by atoms with van der Waals surface area (Å²) in [4.78, 5) is 23.0. The van der Waals surface area contributed by atoms with E-state index < -0.39 is 5.97 Å². The largest absolute Gasteiger partial charge is 0.497 e. The highest BCUT2D eigenvalue weighted by atomic mass is 16.5. The van der Waals surface area contributed by atoms with Crippen LogP contribution in [0, 0.1) is 0 Å². The van der Waals surface area contributed by atoms with Gasteiger partial charge in [-0.2, -0.15) is 0 Å². The van der Waals surface area contributed by atoms with Gasteiger partial charge in [0, 0.05) is 0 Å². The summed E-state index contributed by atoms with van der Waals surface area (Å²) >= 11 is 0. The van der Waals surface area contributed by atoms with Gasteiger partial charge in [-0.1, -0.05) is 24.3 Å². The van der Waals surface area contributed by atoms with Crippen LogP contribution in [-0.4, -0.2) is 33.1 Å². The van der Waals surface area contributed by atoms with Gasteiger partial charge < -0.3 is 14.2 Å². The van der Waals surface area contributed by atoms with E-state index in [1.165, 1.54) is 7.11 Å². The fourth-order valence-electron chi connectivity index (χ4n) is 2.06. The molecule has 2 rings (SSSR count). The zero-order valence-electron chi connectivity index (χ0n) is 13.5. The van der Waals surface area contributed by atoms with Gasteiger partial charge in [0.1, 0.15) is 18.1 Å². The van der Waals surface area contributed by atoms with Crippen molar-refractivity contribution in [2.24, 2.45) is 0 Å². The first-order valence-corrected chi connectivity index (χ1v) is 7.28. The van der Waals surface area contributed by atoms with Gasteiger partial charge in [-0.3, -0.25) is 4.79 Å². The van der Waals surface area contributed by atoms with E-state index in [1.54, 1.807) is 49.6 Å². The molecule has 0 aliphatic carbocycles. The summed E-state index contributed by atoms with van der Waals surface area (Å²) in [5.74, 6) is 0.648. The fraction of sp³-hybridized carbons (Fsp3) is 0.158. The summed E-state index contributed by atoms with van der Waals surface area (Å²) in [6.45, 7) is -0.0104. The van der Waals surface area contributed by atoms with Crippen molar-refractivity contribution in [2.45, 2.75) is 0 Å². The van der Waals surface area contributed by atoms with E-state index in [9.17, 15) is 9.59 Å². The van der Waals surface area contributed by atoms with Crippen molar-refractivity contribution in [1.29, 1.82) is 0 Å². The SMILES string of the molecule is COC(=O)/C(=C\c1ccc(OC)cc1)COc1ccccc1C=O. The van der Waals surface area contributed by atoms with E-state index in [1.807, 2.05) is 12.1 Å². The van der Waals surface area contributed by atoms with Crippen LogP contribution in [0.5, 0.6) is 11.5 Å². The third-order valence-corrected chi connectivity index (χ3v) is 3.33. The van der Waals surface area contributed by atoms with Gasteiger partial charge in [0.05, 0.1) is 25.4 Å². The smallest absolute Gasteiger partial charge is 0.337 e. The minimum Gasteiger partial charge on any atom is -0.497 e. The lowest BCUT2D eigenvalue weighted by atomic mass is 10.1. The Kier molecular flexibility index (Phi) is 6.14. The van der Waals surface area contributed by atoms with Gasteiger partial charge in [0.25, 0.3) is 0 Å². The van der Waals surface area contributed by atoms with Crippen LogP contribution in [0.3, 0.4) is 0 Å². The van der Waals surface area contributed by atoms with E-state index >= 15 is 0 Å². The predicted octanol–water partition coefficient (Wildman–Crippen LogP) is 3.14. The first kappa shape index (κ1) is 17.3. The third-order valence-electron chi connectivity index (χ3n) is 3.33. The molecule has 0 spiro atoms. The van der Waals surface area contributed by atoms with Crippen molar-refractivity contribution in [3.8, 4) is 11.5 Å². The van der Waals surface area contributed by atoms with Crippen molar-refractivity contribution in [3.05, 3.63) is 65.2 Å². The first-order chi connectivity index (χ1) is 11.7. The lowest BCUT2D eigenvalue weighted by molar-refractivity contribution is -0.136. The number of carbonyl (C=O) groups is 2. The molecular formula is C19H18O5. The molecule has 0 aliphatic rings. The molecule has 0 atom stereocenters. The Hall–Kier alpha value is -3.08. The number of benzene rings is 2. The Morgan fingerprint density at radius 1 is 1.04 bits per heavy atom. The number of ether oxygens (including phenoxy) is 3. The van der Waals surface area contributed by atoms with Gasteiger partial charge in [-0.05, 0) is 35.9 Å². The number of esters is 1. The van der Waals surface area contributed by atoms with Crippen molar-refractivity contribution in [3.63, 3.8) is 0 Å². The van der Waals surface area contributed by atoms with Gasteiger partial charge in [-0.25, -0.2) is 4.79 Å². The number of methoxy groups -OCH3 is 2. The molecule has 0 unspecified atom stereocenters. The molecule has 0 amide bonds. The molecule has 24 heavy (non-hydrogen) atoms. The Morgan fingerprint density at radius 3 is 2.38 bits per heavy atom. The van der Waals surface area contributed by atoms with Gasteiger partial charge in [-0.15, -0.1) is 0 Å². The van der Waals surface area contributed by atoms with Crippen LogP contribution in [0.15, 0.2) is 54.1 Å². The van der Waals surface area contributed by atoms with Crippen LogP contribution in [0.25, 0.3) is 6.08 Å². The molecule has 0 aliphatic heterocycles. The van der Waals surface area contributed by atoms with Crippen molar-refractivity contribution in [2.75, 3.05) is 20.8 Å². The predicted molar refractivity (Wildman–Crippen MR) is 90.3 cm³/mol. The number of aldehydes is 1. The lowest BCUT2D eigenvalue weighted by Crippen LogP contribution is -2.13. The Bertz CT molecular complexity index is 732. The Balaban J connectivity index is 2.20. The molecular weight excluding hydrogens is 308 g/mol. The summed E-state index contributed by atoms with van der Waals surface area (Å²) in [6.07, 6.45) is 2.38. The fourth-order valence-corrected chi connectivity index (χ4v) is 2.06. The van der Waals surface area contributed by atoms with Gasteiger partial charge in [0.15, 0.2) is 6.29 Å². The summed E-state index contributed by atoms with van der Waals surface area (Å²) < 4.78 is 15.5. The highest BCUT2D eigenvalue weighted by Gasteiger charge is 2.12. The van der Waals surface area contributed by atoms with Crippen LogP contribution >= 0.6 is 0 Å². The maximum Gasteiger partial charge on any atom is 0.337 e. The second-order valence-corrected chi connectivity index (χ2v) is 4.88. The molecule has 0 heterocycles. The zero-order valence-corrected chi connectivity index (χ0v) is 13.5. The second-order valence-electron chi connectivity index (χ2n) is 4.88. The summed E-state index contributed by atoms with van der Waals surface area (Å²) in [6, 6.07) is 14.0. The molecule has 0 saturated carbocycles. The molecule has 0 bridgehead atoms. The van der Waals surface area contributed by atoms with Crippen LogP contribution in [0.2, 0.25) is 0 Å². The van der Waals surface area contributed by atoms with Crippen molar-refractivity contribution >= 4 is 18.3 Å². The Labute approximate surface area is 140 Å². The molecule has 2 aromatic rings. The minimum absolute atomic E-state index is 0.0104. The van der Waals surface area contributed by atoms with E-state index in [0.29, 0.717) is 23.2 Å². The van der Waals surface area contributed by atoms with Crippen LogP contribution in [0.4, 0.5) is 0 Å². The number of para-hydroxylation sites is 1. The van der Waals surface area contributed by atoms with Gasteiger partial charge >= 0.3 is 5.97 Å². The number of carbonyl (C=O) groups excluding carboxylic acids is 2. The molecule has 124 valence electrons. The lowest BCUT2D eigenvalue weighted by Gasteiger charge is -2.10. The molecule has 0 aromatic heterocycles. The normalized spacial score (nSPS) is 10.8. The van der Waals surface area contributed by atoms with E-state index in [-0.39, 0.29) is 6.61 Å². The quantitative estimate of drug-likeness (QED) is 0.444. The van der Waals surface area contributed by atoms with Gasteiger partial charge in [0.2, 0.25) is 0 Å². The highest BCUT2D eigenvalue weighted by Crippen LogP contribution is 2.18. The monoisotopic (exact) mass is 326 g/mol. The number of hydrogen-bond acceptors (Lipinski definition) is 5. The molecule has 5 heteroatoms. The average molecular weight is 326 g/mol. The first-order valence-electron chi connectivity index (χ1n) is 7.28. The molecule has 0 radical (unpaired) electrons. The van der Waals surface area contributed by atoms with Crippen LogP contribution in [-0.2, 0) is 9.53 Å². The van der Waals surface area contributed by atoms with E-state index in [4.69, 9.17) is 14.2 Å². The second kappa shape index (κ2) is 8.53. The van der Waals surface area contributed by atoms with Crippen molar-refractivity contribution < 1.29 is 23.8 Å². The number of hydrogen-bond donors (Lipinski definition) is 0. The maximum absolute atomic E-state index is 12.0. The van der Waals surface area contributed by atoms with E-state index in [2.05, 4.69) is 0 Å². The standard InChI is InChI=1S/C19H18O5/c1-22-17-9-7-14(8-10-17)11-16(19(21)23-2)13-24-18-6-4-3-5-15(18)12-20/h3-12H,13H2,1-2H3/b16-11-. The van der Waals surface area contributed by atoms with Crippen molar-refractivity contribution in [1.82, 2.24) is 0 Å². The maximum atomic E-state index is 12.0. The highest BCUT2D eigenvalue weighted by molar-refractivity contribution is 5.94. The number of rotatable bonds is 7. The molecule has 0 saturated heterocycles. The zero-order chi connectivity index (χ0) is 17.4. The molecule has 0 fully saturated rings. The average Bonchev–Trinajstić information content (AvgIpc) is 2.65. The minimum atomic E-state index is -0.491. The van der Waals surface area contributed by atoms with Crippen LogP contribution in [0.1, 0.15) is 15.9 Å². The van der Waals surface area contributed by atoms with Crippen LogP contribution < -0.4 is 9.47 Å². The topological polar surface area (TPSA) is 61.8 Å². The molecule has 2 aromatic carbocycles. The summed E-state index contributed by atoms with van der Waals surface area (Å²) in [5.41, 5.74) is 1.57. The molecule has 0 N–H and O–H groups in total.